The van der Waals surface area contributed by atoms with Gasteiger partial charge >= 0.3 is 0 Å². The molecular formula is C31H34N4O3. The van der Waals surface area contributed by atoms with E-state index in [0.717, 1.165) is 49.8 Å². The minimum atomic E-state index is -0.258. The molecule has 3 aromatic carbocycles. The van der Waals surface area contributed by atoms with Crippen LogP contribution >= 0.6 is 0 Å². The highest BCUT2D eigenvalue weighted by Crippen LogP contribution is 2.41. The van der Waals surface area contributed by atoms with E-state index in [9.17, 15) is 0 Å². The van der Waals surface area contributed by atoms with E-state index in [2.05, 4.69) is 81.1 Å². The van der Waals surface area contributed by atoms with E-state index in [0.29, 0.717) is 19.8 Å². The van der Waals surface area contributed by atoms with Crippen molar-refractivity contribution in [2.75, 3.05) is 51.5 Å². The van der Waals surface area contributed by atoms with Gasteiger partial charge in [-0.2, -0.15) is 0 Å². The van der Waals surface area contributed by atoms with Gasteiger partial charge in [-0.1, -0.05) is 60.7 Å². The van der Waals surface area contributed by atoms with Crippen LogP contribution in [0.4, 0.5) is 5.69 Å². The molecule has 0 N–H and O–H groups in total. The van der Waals surface area contributed by atoms with Crippen LogP contribution < -0.4 is 9.64 Å². The molecule has 4 aromatic rings. The summed E-state index contributed by atoms with van der Waals surface area (Å²) in [6.45, 7) is 5.99. The molecule has 2 aliphatic heterocycles. The minimum absolute atomic E-state index is 0.258. The first-order chi connectivity index (χ1) is 18.8. The Balaban J connectivity index is 1.46. The molecule has 1 atom stereocenters. The summed E-state index contributed by atoms with van der Waals surface area (Å²) in [5.41, 5.74) is 5.76. The standard InChI is InChI=1S/C31H34N4O3/c1-36-18-19-38-29-13-7-11-26-21-32-31(34(30(26)29)22-24-8-3-2-4-9-24)35-27(23-33-14-16-37-17-15-33)20-25-10-5-6-12-28(25)35/h2-13,20-21,31H,14-19,22-23H2,1H3. The number of nitrogens with zero attached hydrogens (tertiary/aromatic N) is 4. The zero-order valence-corrected chi connectivity index (χ0v) is 21.8. The summed E-state index contributed by atoms with van der Waals surface area (Å²) in [4.78, 5) is 10.0. The molecule has 0 amide bonds. The van der Waals surface area contributed by atoms with Gasteiger partial charge in [-0.3, -0.25) is 4.90 Å². The van der Waals surface area contributed by atoms with E-state index in [-0.39, 0.29) is 6.29 Å². The van der Waals surface area contributed by atoms with E-state index >= 15 is 0 Å². The number of hydrogen-bond acceptors (Lipinski definition) is 6. The first-order valence-corrected chi connectivity index (χ1v) is 13.3. The fourth-order valence-corrected chi connectivity index (χ4v) is 5.41. The van der Waals surface area contributed by atoms with Crippen molar-refractivity contribution in [3.63, 3.8) is 0 Å². The Kier molecular flexibility index (Phi) is 7.40. The van der Waals surface area contributed by atoms with Crippen molar-refractivity contribution in [3.8, 4) is 5.75 Å². The second-order valence-electron chi connectivity index (χ2n) is 9.73. The molecule has 6 rings (SSSR count). The number of hydrogen-bond donors (Lipinski definition) is 0. The first kappa shape index (κ1) is 24.7. The van der Waals surface area contributed by atoms with Gasteiger partial charge < -0.3 is 23.7 Å². The molecule has 7 nitrogen and oxygen atoms in total. The van der Waals surface area contributed by atoms with Crippen molar-refractivity contribution in [2.24, 2.45) is 4.99 Å². The zero-order valence-electron chi connectivity index (χ0n) is 21.8. The largest absolute Gasteiger partial charge is 0.489 e. The Morgan fingerprint density at radius 1 is 0.895 bits per heavy atom. The molecular weight excluding hydrogens is 476 g/mol. The number of anilines is 1. The third kappa shape index (κ3) is 5.05. The maximum Gasteiger partial charge on any atom is 0.203 e. The summed E-state index contributed by atoms with van der Waals surface area (Å²) in [5.74, 6) is 0.845. The topological polar surface area (TPSA) is 51.5 Å². The maximum absolute atomic E-state index is 6.26. The monoisotopic (exact) mass is 510 g/mol. The van der Waals surface area contributed by atoms with Gasteiger partial charge in [-0.25, -0.2) is 4.99 Å². The van der Waals surface area contributed by atoms with Crippen LogP contribution in [-0.4, -0.2) is 62.3 Å². The lowest BCUT2D eigenvalue weighted by atomic mass is 10.1. The predicted molar refractivity (Wildman–Crippen MR) is 151 cm³/mol. The highest BCUT2D eigenvalue weighted by Gasteiger charge is 2.31. The van der Waals surface area contributed by atoms with E-state index < -0.39 is 0 Å². The molecule has 1 fully saturated rings. The fraction of sp³-hybridized carbons (Fsp3) is 0.323. The van der Waals surface area contributed by atoms with Crippen molar-refractivity contribution in [1.29, 1.82) is 0 Å². The molecule has 196 valence electrons. The van der Waals surface area contributed by atoms with Gasteiger partial charge in [0.25, 0.3) is 0 Å². The second-order valence-corrected chi connectivity index (χ2v) is 9.73. The van der Waals surface area contributed by atoms with Gasteiger partial charge in [-0.15, -0.1) is 0 Å². The Bertz CT molecular complexity index is 1400. The van der Waals surface area contributed by atoms with E-state index in [4.69, 9.17) is 19.2 Å². The average Bonchev–Trinajstić information content (AvgIpc) is 3.32. The van der Waals surface area contributed by atoms with Crippen LogP contribution in [-0.2, 0) is 22.6 Å². The minimum Gasteiger partial charge on any atom is -0.489 e. The van der Waals surface area contributed by atoms with Crippen molar-refractivity contribution in [3.05, 3.63) is 95.7 Å². The highest BCUT2D eigenvalue weighted by atomic mass is 16.5. The molecule has 1 unspecified atom stereocenters. The SMILES string of the molecule is COCCOc1cccc2c1N(Cc1ccccc1)C(n1c(CN3CCOCC3)cc3ccccc31)N=C2. The molecule has 2 aliphatic rings. The molecule has 0 bridgehead atoms. The third-order valence-electron chi connectivity index (χ3n) is 7.23. The number of aromatic nitrogens is 1. The number of benzene rings is 3. The van der Waals surface area contributed by atoms with Crippen LogP contribution in [0.1, 0.15) is 23.1 Å². The Morgan fingerprint density at radius 2 is 1.71 bits per heavy atom. The quantitative estimate of drug-likeness (QED) is 0.294. The van der Waals surface area contributed by atoms with Crippen LogP contribution in [0.25, 0.3) is 10.9 Å². The summed E-state index contributed by atoms with van der Waals surface area (Å²) >= 11 is 0. The lowest BCUT2D eigenvalue weighted by Gasteiger charge is -2.38. The Hall–Kier alpha value is -3.65. The number of morpholine rings is 1. The molecule has 1 saturated heterocycles. The van der Waals surface area contributed by atoms with E-state index in [1.54, 1.807) is 7.11 Å². The predicted octanol–water partition coefficient (Wildman–Crippen LogP) is 5.09. The number of rotatable bonds is 9. The molecule has 0 aliphatic carbocycles. The van der Waals surface area contributed by atoms with Crippen LogP contribution in [0, 0.1) is 0 Å². The van der Waals surface area contributed by atoms with E-state index in [1.165, 1.54) is 22.2 Å². The Labute approximate surface area is 223 Å². The van der Waals surface area contributed by atoms with Gasteiger partial charge in [-0.05, 0) is 23.8 Å². The molecule has 0 saturated carbocycles. The Morgan fingerprint density at radius 3 is 2.55 bits per heavy atom. The number of fused-ring (bicyclic) bond motifs is 2. The summed E-state index contributed by atoms with van der Waals surface area (Å²) in [6, 6.07) is 27.7. The molecule has 1 aromatic heterocycles. The van der Waals surface area contributed by atoms with Crippen molar-refractivity contribution >= 4 is 22.8 Å². The third-order valence-corrected chi connectivity index (χ3v) is 7.23. The first-order valence-electron chi connectivity index (χ1n) is 13.3. The molecule has 3 heterocycles. The van der Waals surface area contributed by atoms with Crippen LogP contribution in [0.3, 0.4) is 0 Å². The highest BCUT2D eigenvalue weighted by molar-refractivity contribution is 5.93. The van der Waals surface area contributed by atoms with E-state index in [1.807, 2.05) is 18.3 Å². The smallest absolute Gasteiger partial charge is 0.203 e. The second kappa shape index (κ2) is 11.4. The molecule has 38 heavy (non-hydrogen) atoms. The van der Waals surface area contributed by atoms with Gasteiger partial charge in [0, 0.05) is 56.1 Å². The number of methoxy groups -OCH3 is 1. The van der Waals surface area contributed by atoms with Crippen LogP contribution in [0.5, 0.6) is 5.75 Å². The number of aliphatic imine (C=N–C) groups is 1. The van der Waals surface area contributed by atoms with Crippen molar-refractivity contribution < 1.29 is 14.2 Å². The van der Waals surface area contributed by atoms with Gasteiger partial charge in [0.15, 0.2) is 0 Å². The molecule has 7 heteroatoms. The van der Waals surface area contributed by atoms with Crippen molar-refractivity contribution in [1.82, 2.24) is 9.47 Å². The number of ether oxygens (including phenoxy) is 3. The van der Waals surface area contributed by atoms with Crippen LogP contribution in [0.15, 0.2) is 83.9 Å². The molecule has 0 spiro atoms. The zero-order chi connectivity index (χ0) is 25.7. The normalized spacial score (nSPS) is 17.6. The van der Waals surface area contributed by atoms with Crippen molar-refractivity contribution in [2.45, 2.75) is 19.4 Å². The number of para-hydroxylation sites is 2. The summed E-state index contributed by atoms with van der Waals surface area (Å²) in [5, 5.41) is 1.22. The lowest BCUT2D eigenvalue weighted by Crippen LogP contribution is -2.38. The van der Waals surface area contributed by atoms with Gasteiger partial charge in [0.05, 0.1) is 31.0 Å². The summed E-state index contributed by atoms with van der Waals surface area (Å²) in [7, 11) is 1.70. The fourth-order valence-electron chi connectivity index (χ4n) is 5.41. The maximum atomic E-state index is 6.26. The average molecular weight is 511 g/mol. The van der Waals surface area contributed by atoms with Crippen LogP contribution in [0.2, 0.25) is 0 Å². The van der Waals surface area contributed by atoms with Gasteiger partial charge in [0.1, 0.15) is 12.4 Å². The lowest BCUT2D eigenvalue weighted by molar-refractivity contribution is 0.0330. The molecule has 0 radical (unpaired) electrons. The van der Waals surface area contributed by atoms with Gasteiger partial charge in [0.2, 0.25) is 6.29 Å². The summed E-state index contributed by atoms with van der Waals surface area (Å²) < 4.78 is 19.5. The summed E-state index contributed by atoms with van der Waals surface area (Å²) in [6.07, 6.45) is 1.74.